The Morgan fingerprint density at radius 2 is 1.95 bits per heavy atom. The lowest BCUT2D eigenvalue weighted by Crippen LogP contribution is -2.24. The molecule has 0 saturated heterocycles. The first-order chi connectivity index (χ1) is 9.21. The molecule has 7 heteroatoms. The Hall–Kier alpha value is -1.86. The first kappa shape index (κ1) is 16.2. The van der Waals surface area contributed by atoms with Crippen LogP contribution in [-0.2, 0) is 10.0 Å². The number of carbonyl (C=O) groups is 1. The first-order valence-corrected chi connectivity index (χ1v) is 7.27. The van der Waals surface area contributed by atoms with Gasteiger partial charge in [-0.2, -0.15) is 0 Å². The van der Waals surface area contributed by atoms with Gasteiger partial charge in [-0.05, 0) is 18.2 Å². The van der Waals surface area contributed by atoms with Gasteiger partial charge in [-0.25, -0.2) is 17.5 Å². The van der Waals surface area contributed by atoms with Crippen LogP contribution in [0.1, 0.15) is 10.4 Å². The molecule has 0 radical (unpaired) electrons. The van der Waals surface area contributed by atoms with E-state index in [9.17, 15) is 18.3 Å². The molecule has 0 spiro atoms. The van der Waals surface area contributed by atoms with E-state index in [0.717, 1.165) is 4.31 Å². The van der Waals surface area contributed by atoms with Crippen LogP contribution in [0.5, 0.6) is 0 Å². The predicted molar refractivity (Wildman–Crippen MR) is 77.7 cm³/mol. The van der Waals surface area contributed by atoms with E-state index < -0.39 is 16.0 Å². The number of hydrogen-bond acceptors (Lipinski definition) is 4. The number of hydrogen-bond donors (Lipinski definition) is 1. The molecule has 20 heavy (non-hydrogen) atoms. The van der Waals surface area contributed by atoms with Crippen molar-refractivity contribution in [2.75, 3.05) is 32.6 Å². The van der Waals surface area contributed by atoms with Crippen LogP contribution >= 0.6 is 0 Å². The van der Waals surface area contributed by atoms with Crippen LogP contribution in [0, 0.1) is 0 Å². The van der Waals surface area contributed by atoms with Crippen LogP contribution in [0.15, 0.2) is 35.7 Å². The van der Waals surface area contributed by atoms with Crippen molar-refractivity contribution in [3.8, 4) is 0 Å². The monoisotopic (exact) mass is 298 g/mol. The number of nitrogens with zero attached hydrogens (tertiary/aromatic N) is 2. The van der Waals surface area contributed by atoms with E-state index in [1.165, 1.54) is 32.3 Å². The minimum atomic E-state index is -3.66. The van der Waals surface area contributed by atoms with Gasteiger partial charge in [-0.15, -0.1) is 6.58 Å². The maximum atomic E-state index is 12.0. The molecule has 1 rings (SSSR count). The van der Waals surface area contributed by atoms with Gasteiger partial charge in [0, 0.05) is 27.7 Å². The van der Waals surface area contributed by atoms with Gasteiger partial charge in [0.05, 0.1) is 16.1 Å². The van der Waals surface area contributed by atoms with Crippen LogP contribution in [0.25, 0.3) is 0 Å². The van der Waals surface area contributed by atoms with Gasteiger partial charge in [0.1, 0.15) is 0 Å². The van der Waals surface area contributed by atoms with Gasteiger partial charge in [0.15, 0.2) is 0 Å². The van der Waals surface area contributed by atoms with E-state index in [2.05, 4.69) is 6.58 Å². The van der Waals surface area contributed by atoms with Gasteiger partial charge < -0.3 is 10.0 Å². The Morgan fingerprint density at radius 1 is 1.35 bits per heavy atom. The lowest BCUT2D eigenvalue weighted by molar-refractivity contribution is 0.0697. The standard InChI is InChI=1S/C13H18N2O4S/c1-5-8-15(4)12-7-6-10(9-11(12)13(16)17)20(18,19)14(2)3/h5-7,9H,1,8H2,2-4H3,(H,16,17). The lowest BCUT2D eigenvalue weighted by Gasteiger charge is -2.20. The zero-order valence-electron chi connectivity index (χ0n) is 11.7. The van der Waals surface area contributed by atoms with Crippen molar-refractivity contribution in [2.45, 2.75) is 4.90 Å². The fourth-order valence-electron chi connectivity index (χ4n) is 1.68. The highest BCUT2D eigenvalue weighted by Crippen LogP contribution is 2.24. The minimum Gasteiger partial charge on any atom is -0.478 e. The van der Waals surface area contributed by atoms with Crippen LogP contribution in [-0.4, -0.2) is 51.5 Å². The number of carboxylic acid groups (broad SMARTS) is 1. The minimum absolute atomic E-state index is 0.0457. The summed E-state index contributed by atoms with van der Waals surface area (Å²) in [5, 5.41) is 9.25. The van der Waals surface area contributed by atoms with Crippen molar-refractivity contribution in [2.24, 2.45) is 0 Å². The van der Waals surface area contributed by atoms with Crippen LogP contribution in [0.4, 0.5) is 5.69 Å². The fourth-order valence-corrected chi connectivity index (χ4v) is 2.61. The van der Waals surface area contributed by atoms with Crippen molar-refractivity contribution >= 4 is 21.7 Å². The van der Waals surface area contributed by atoms with Crippen molar-refractivity contribution < 1.29 is 18.3 Å². The Balaban J connectivity index is 3.42. The van der Waals surface area contributed by atoms with Crippen LogP contribution < -0.4 is 4.90 Å². The van der Waals surface area contributed by atoms with E-state index in [1.54, 1.807) is 18.0 Å². The number of sulfonamides is 1. The van der Waals surface area contributed by atoms with Gasteiger partial charge in [-0.1, -0.05) is 6.08 Å². The molecule has 0 amide bonds. The van der Waals surface area contributed by atoms with E-state index >= 15 is 0 Å². The largest absolute Gasteiger partial charge is 0.478 e. The normalized spacial score (nSPS) is 11.4. The Kier molecular flexibility index (Phi) is 4.91. The average Bonchev–Trinajstić information content (AvgIpc) is 2.37. The number of carboxylic acids is 1. The zero-order chi connectivity index (χ0) is 15.5. The Morgan fingerprint density at radius 3 is 2.40 bits per heavy atom. The third kappa shape index (κ3) is 3.17. The van der Waals surface area contributed by atoms with E-state index in [0.29, 0.717) is 12.2 Å². The summed E-state index contributed by atoms with van der Waals surface area (Å²) < 4.78 is 25.1. The SMILES string of the molecule is C=CCN(C)c1ccc(S(=O)(=O)N(C)C)cc1C(=O)O. The van der Waals surface area contributed by atoms with Crippen LogP contribution in [0.3, 0.4) is 0 Å². The third-order valence-corrected chi connectivity index (χ3v) is 4.60. The van der Waals surface area contributed by atoms with E-state index in [-0.39, 0.29) is 10.5 Å². The molecule has 0 aliphatic carbocycles. The second kappa shape index (κ2) is 6.06. The Bertz CT molecular complexity index is 623. The zero-order valence-corrected chi connectivity index (χ0v) is 12.5. The summed E-state index contributed by atoms with van der Waals surface area (Å²) in [6.45, 7) is 4.05. The molecule has 1 N–H and O–H groups in total. The highest BCUT2D eigenvalue weighted by Gasteiger charge is 2.21. The summed E-state index contributed by atoms with van der Waals surface area (Å²) in [6, 6.07) is 4.06. The van der Waals surface area contributed by atoms with Gasteiger partial charge in [0.2, 0.25) is 10.0 Å². The molecule has 1 aromatic carbocycles. The molecule has 6 nitrogen and oxygen atoms in total. The van der Waals surface area contributed by atoms with E-state index in [4.69, 9.17) is 0 Å². The maximum absolute atomic E-state index is 12.0. The molecular weight excluding hydrogens is 280 g/mol. The Labute approximate surface area is 119 Å². The number of benzene rings is 1. The molecule has 110 valence electrons. The lowest BCUT2D eigenvalue weighted by atomic mass is 10.1. The molecule has 1 aromatic rings. The smallest absolute Gasteiger partial charge is 0.337 e. The summed E-state index contributed by atoms with van der Waals surface area (Å²) >= 11 is 0. The van der Waals surface area contributed by atoms with Crippen LogP contribution in [0.2, 0.25) is 0 Å². The summed E-state index contributed by atoms with van der Waals surface area (Å²) in [5.41, 5.74) is 0.382. The molecule has 0 fully saturated rings. The van der Waals surface area contributed by atoms with Crippen molar-refractivity contribution in [1.29, 1.82) is 0 Å². The quantitative estimate of drug-likeness (QED) is 0.800. The highest BCUT2D eigenvalue weighted by molar-refractivity contribution is 7.89. The van der Waals surface area contributed by atoms with Gasteiger partial charge >= 0.3 is 5.97 Å². The topological polar surface area (TPSA) is 77.9 Å². The number of likely N-dealkylation sites (N-methyl/N-ethyl adjacent to an activating group) is 1. The number of anilines is 1. The number of rotatable bonds is 6. The molecule has 0 atom stereocenters. The van der Waals surface area contributed by atoms with Gasteiger partial charge in [0.25, 0.3) is 0 Å². The van der Waals surface area contributed by atoms with Crippen molar-refractivity contribution in [1.82, 2.24) is 4.31 Å². The van der Waals surface area contributed by atoms with Crippen molar-refractivity contribution in [3.05, 3.63) is 36.4 Å². The van der Waals surface area contributed by atoms with E-state index in [1.807, 2.05) is 0 Å². The molecule has 0 aliphatic heterocycles. The molecule has 0 heterocycles. The second-order valence-electron chi connectivity index (χ2n) is 4.44. The first-order valence-electron chi connectivity index (χ1n) is 5.83. The maximum Gasteiger partial charge on any atom is 0.337 e. The van der Waals surface area contributed by atoms with Crippen molar-refractivity contribution in [3.63, 3.8) is 0 Å². The molecular formula is C13H18N2O4S. The average molecular weight is 298 g/mol. The predicted octanol–water partition coefficient (Wildman–Crippen LogP) is 1.26. The number of aromatic carboxylic acids is 1. The summed E-state index contributed by atoms with van der Waals surface area (Å²) in [6.07, 6.45) is 1.64. The summed E-state index contributed by atoms with van der Waals surface area (Å²) in [5.74, 6) is -1.17. The molecule has 0 bridgehead atoms. The second-order valence-corrected chi connectivity index (χ2v) is 6.59. The highest BCUT2D eigenvalue weighted by atomic mass is 32.2. The molecule has 0 aromatic heterocycles. The molecule has 0 aliphatic rings. The molecule has 0 saturated carbocycles. The fraction of sp³-hybridized carbons (Fsp3) is 0.308. The van der Waals surface area contributed by atoms with Gasteiger partial charge in [-0.3, -0.25) is 0 Å². The summed E-state index contributed by atoms with van der Waals surface area (Å²) in [4.78, 5) is 13.0. The summed E-state index contributed by atoms with van der Waals surface area (Å²) in [7, 11) is 0.848. The molecule has 0 unspecified atom stereocenters. The third-order valence-electron chi connectivity index (χ3n) is 2.79.